The number of nitrogens with one attached hydrogen (secondary N) is 1. The molecule has 0 aliphatic carbocycles. The summed E-state index contributed by atoms with van der Waals surface area (Å²) in [4.78, 5) is 37.8. The molecule has 2 amide bonds. The fourth-order valence-corrected chi connectivity index (χ4v) is 2.74. The number of amides is 2. The molecule has 0 radical (unpaired) electrons. The van der Waals surface area contributed by atoms with Gasteiger partial charge in [-0.25, -0.2) is 9.69 Å². The van der Waals surface area contributed by atoms with Crippen LogP contribution >= 0.6 is 11.6 Å². The van der Waals surface area contributed by atoms with Gasteiger partial charge in [-0.15, -0.1) is 0 Å². The van der Waals surface area contributed by atoms with Crippen molar-refractivity contribution < 1.29 is 19.1 Å². The molecule has 1 N–H and O–H groups in total. The van der Waals surface area contributed by atoms with E-state index in [0.29, 0.717) is 16.9 Å². The van der Waals surface area contributed by atoms with Crippen LogP contribution in [-0.4, -0.2) is 24.9 Å². The molecule has 1 heterocycles. The van der Waals surface area contributed by atoms with Gasteiger partial charge in [-0.1, -0.05) is 35.4 Å². The minimum atomic E-state index is -0.604. The maximum Gasteiger partial charge on any atom is 0.337 e. The lowest BCUT2D eigenvalue weighted by molar-refractivity contribution is -0.120. The first-order valence-electron chi connectivity index (χ1n) is 7.73. The first-order valence-corrected chi connectivity index (χ1v) is 8.11. The van der Waals surface area contributed by atoms with Gasteiger partial charge in [0.05, 0.1) is 18.4 Å². The van der Waals surface area contributed by atoms with Crippen LogP contribution in [0.5, 0.6) is 0 Å². The van der Waals surface area contributed by atoms with Crippen molar-refractivity contribution >= 4 is 40.8 Å². The number of carbonyl (C=O) groups is 3. The van der Waals surface area contributed by atoms with Crippen LogP contribution in [0.25, 0.3) is 0 Å². The Kier molecular flexibility index (Phi) is 4.77. The summed E-state index contributed by atoms with van der Waals surface area (Å²) in [6.07, 6.45) is 0. The standard InChI is InChI=1S/C19H15ClN2O4/c1-11-6-8-14(9-7-11)22-17(23)15(20)16(18(22)24)21-13-5-3-4-12(10-13)19(25)26-2/h3-10,21H,1-2H3. The normalized spacial score (nSPS) is 14.0. The first kappa shape index (κ1) is 17.7. The van der Waals surface area contributed by atoms with Crippen LogP contribution in [0.2, 0.25) is 0 Å². The molecule has 6 nitrogen and oxygen atoms in total. The van der Waals surface area contributed by atoms with Crippen LogP contribution in [0.1, 0.15) is 15.9 Å². The van der Waals surface area contributed by atoms with E-state index >= 15 is 0 Å². The van der Waals surface area contributed by atoms with E-state index in [-0.39, 0.29) is 10.7 Å². The van der Waals surface area contributed by atoms with Crippen LogP contribution in [0.3, 0.4) is 0 Å². The fourth-order valence-electron chi connectivity index (χ4n) is 2.53. The average molecular weight is 371 g/mol. The van der Waals surface area contributed by atoms with Gasteiger partial charge in [0.2, 0.25) is 0 Å². The Morgan fingerprint density at radius 3 is 2.42 bits per heavy atom. The van der Waals surface area contributed by atoms with Crippen molar-refractivity contribution in [3.05, 3.63) is 70.4 Å². The first-order chi connectivity index (χ1) is 12.4. The highest BCUT2D eigenvalue weighted by Gasteiger charge is 2.38. The number of ether oxygens (including phenoxy) is 1. The SMILES string of the molecule is COC(=O)c1cccc(NC2=C(Cl)C(=O)N(c3ccc(C)cc3)C2=O)c1. The molecule has 7 heteroatoms. The molecule has 26 heavy (non-hydrogen) atoms. The van der Waals surface area contributed by atoms with E-state index in [1.807, 2.05) is 6.92 Å². The maximum atomic E-state index is 12.7. The van der Waals surface area contributed by atoms with Gasteiger partial charge >= 0.3 is 5.97 Å². The molecule has 0 saturated heterocycles. The third-order valence-corrected chi connectivity index (χ3v) is 4.22. The Labute approximate surface area is 155 Å². The van der Waals surface area contributed by atoms with Crippen LogP contribution in [0.4, 0.5) is 11.4 Å². The largest absolute Gasteiger partial charge is 0.465 e. The molecular formula is C19H15ClN2O4. The van der Waals surface area contributed by atoms with Crippen molar-refractivity contribution in [1.29, 1.82) is 0 Å². The Morgan fingerprint density at radius 1 is 1.08 bits per heavy atom. The van der Waals surface area contributed by atoms with Gasteiger partial charge in [0.1, 0.15) is 10.7 Å². The lowest BCUT2D eigenvalue weighted by Crippen LogP contribution is -2.32. The molecule has 0 bridgehead atoms. The van der Waals surface area contributed by atoms with Gasteiger partial charge in [-0.05, 0) is 37.3 Å². The molecule has 0 spiro atoms. The average Bonchev–Trinajstić information content (AvgIpc) is 2.86. The van der Waals surface area contributed by atoms with Gasteiger partial charge in [-0.3, -0.25) is 9.59 Å². The van der Waals surface area contributed by atoms with Crippen LogP contribution in [-0.2, 0) is 14.3 Å². The Hall–Kier alpha value is -3.12. The van der Waals surface area contributed by atoms with E-state index < -0.39 is 17.8 Å². The zero-order valence-corrected chi connectivity index (χ0v) is 14.8. The molecule has 0 atom stereocenters. The molecule has 132 valence electrons. The highest BCUT2D eigenvalue weighted by molar-refractivity contribution is 6.53. The number of rotatable bonds is 4. The summed E-state index contributed by atoms with van der Waals surface area (Å²) in [6, 6.07) is 13.3. The molecule has 0 unspecified atom stereocenters. The molecule has 2 aromatic rings. The lowest BCUT2D eigenvalue weighted by atomic mass is 10.2. The number of benzene rings is 2. The molecular weight excluding hydrogens is 356 g/mol. The number of hydrogen-bond acceptors (Lipinski definition) is 5. The second kappa shape index (κ2) is 7.01. The summed E-state index contributed by atoms with van der Waals surface area (Å²) in [5, 5.41) is 2.62. The summed E-state index contributed by atoms with van der Waals surface area (Å²) < 4.78 is 4.67. The molecule has 0 aromatic heterocycles. The minimum absolute atomic E-state index is 0.0424. The monoisotopic (exact) mass is 370 g/mol. The van der Waals surface area contributed by atoms with Gasteiger partial charge in [0, 0.05) is 5.69 Å². The third kappa shape index (κ3) is 3.19. The molecule has 0 saturated carbocycles. The van der Waals surface area contributed by atoms with E-state index in [4.69, 9.17) is 11.6 Å². The zero-order valence-electron chi connectivity index (χ0n) is 14.1. The highest BCUT2D eigenvalue weighted by Crippen LogP contribution is 2.30. The summed E-state index contributed by atoms with van der Waals surface area (Å²) in [5.74, 6) is -1.68. The highest BCUT2D eigenvalue weighted by atomic mass is 35.5. The third-order valence-electron chi connectivity index (χ3n) is 3.87. The van der Waals surface area contributed by atoms with E-state index in [1.165, 1.54) is 13.2 Å². The van der Waals surface area contributed by atoms with Crippen molar-refractivity contribution in [2.24, 2.45) is 0 Å². The van der Waals surface area contributed by atoms with Gasteiger partial charge in [0.15, 0.2) is 0 Å². The van der Waals surface area contributed by atoms with E-state index in [9.17, 15) is 14.4 Å². The number of esters is 1. The van der Waals surface area contributed by atoms with Crippen LogP contribution in [0, 0.1) is 6.92 Å². The molecule has 2 aromatic carbocycles. The topological polar surface area (TPSA) is 75.7 Å². The summed E-state index contributed by atoms with van der Waals surface area (Å²) in [5.41, 5.74) is 2.14. The minimum Gasteiger partial charge on any atom is -0.465 e. The van der Waals surface area contributed by atoms with Crippen LogP contribution < -0.4 is 10.2 Å². The van der Waals surface area contributed by atoms with E-state index in [0.717, 1.165) is 10.5 Å². The number of methoxy groups -OCH3 is 1. The Balaban J connectivity index is 1.89. The Morgan fingerprint density at radius 2 is 1.77 bits per heavy atom. The second-order valence-electron chi connectivity index (χ2n) is 5.67. The zero-order chi connectivity index (χ0) is 18.8. The Bertz CT molecular complexity index is 935. The molecule has 1 aliphatic heterocycles. The summed E-state index contributed by atoms with van der Waals surface area (Å²) in [6.45, 7) is 1.91. The summed E-state index contributed by atoms with van der Waals surface area (Å²) >= 11 is 6.09. The number of carbonyl (C=O) groups excluding carboxylic acids is 3. The summed E-state index contributed by atoms with van der Waals surface area (Å²) in [7, 11) is 1.28. The number of hydrogen-bond donors (Lipinski definition) is 1. The fraction of sp³-hybridized carbons (Fsp3) is 0.105. The van der Waals surface area contributed by atoms with Crippen molar-refractivity contribution in [2.45, 2.75) is 6.92 Å². The number of aryl methyl sites for hydroxylation is 1. The van der Waals surface area contributed by atoms with Crippen molar-refractivity contribution in [3.63, 3.8) is 0 Å². The number of nitrogens with zero attached hydrogens (tertiary/aromatic N) is 1. The second-order valence-corrected chi connectivity index (χ2v) is 6.05. The predicted octanol–water partition coefficient (Wildman–Crippen LogP) is 3.22. The molecule has 3 rings (SSSR count). The van der Waals surface area contributed by atoms with Crippen molar-refractivity contribution in [2.75, 3.05) is 17.3 Å². The maximum absolute atomic E-state index is 12.7. The van der Waals surface area contributed by atoms with Gasteiger partial charge in [-0.2, -0.15) is 0 Å². The molecule has 1 aliphatic rings. The van der Waals surface area contributed by atoms with E-state index in [1.54, 1.807) is 42.5 Å². The van der Waals surface area contributed by atoms with Crippen LogP contribution in [0.15, 0.2) is 59.3 Å². The number of halogens is 1. The predicted molar refractivity (Wildman–Crippen MR) is 98.0 cm³/mol. The van der Waals surface area contributed by atoms with Crippen molar-refractivity contribution in [1.82, 2.24) is 0 Å². The number of anilines is 2. The number of imide groups is 1. The smallest absolute Gasteiger partial charge is 0.337 e. The van der Waals surface area contributed by atoms with Crippen molar-refractivity contribution in [3.8, 4) is 0 Å². The quantitative estimate of drug-likeness (QED) is 0.660. The lowest BCUT2D eigenvalue weighted by Gasteiger charge is -2.15. The van der Waals surface area contributed by atoms with Gasteiger partial charge < -0.3 is 10.1 Å². The van der Waals surface area contributed by atoms with Gasteiger partial charge in [0.25, 0.3) is 11.8 Å². The van der Waals surface area contributed by atoms with E-state index in [2.05, 4.69) is 10.1 Å². The molecule has 0 fully saturated rings.